The van der Waals surface area contributed by atoms with Crippen LogP contribution < -0.4 is 0 Å². The summed E-state index contributed by atoms with van der Waals surface area (Å²) in [6, 6.07) is 26.7. The van der Waals surface area contributed by atoms with Gasteiger partial charge in [0.2, 0.25) is 0 Å². The fourth-order valence-electron chi connectivity index (χ4n) is 5.52. The Labute approximate surface area is 213 Å². The summed E-state index contributed by atoms with van der Waals surface area (Å²) in [5.74, 6) is 0. The van der Waals surface area contributed by atoms with E-state index in [4.69, 9.17) is 4.98 Å². The minimum atomic E-state index is -0.00745. The van der Waals surface area contributed by atoms with Gasteiger partial charge in [-0.25, -0.2) is 0 Å². The lowest BCUT2D eigenvalue weighted by molar-refractivity contribution is 0.596. The number of fused-ring (bicyclic) bond motifs is 6. The third kappa shape index (κ3) is 3.64. The molecule has 0 aliphatic heterocycles. The monoisotopic (exact) mass is 468 g/mol. The molecule has 0 aliphatic rings. The van der Waals surface area contributed by atoms with Gasteiger partial charge < -0.3 is 0 Å². The third-order valence-electron chi connectivity index (χ3n) is 7.35. The molecule has 36 heavy (non-hydrogen) atoms. The van der Waals surface area contributed by atoms with Gasteiger partial charge in [0.25, 0.3) is 0 Å². The van der Waals surface area contributed by atoms with Crippen LogP contribution in [0.1, 0.15) is 52.7 Å². The van der Waals surface area contributed by atoms with E-state index in [1.54, 1.807) is 0 Å². The van der Waals surface area contributed by atoms with Crippen molar-refractivity contribution in [1.82, 2.24) is 9.97 Å². The molecule has 0 fully saturated rings. The van der Waals surface area contributed by atoms with Crippen LogP contribution in [-0.4, -0.2) is 9.97 Å². The number of aromatic nitrogens is 2. The molecule has 2 heteroatoms. The maximum absolute atomic E-state index is 4.98. The average Bonchev–Trinajstić information content (AvgIpc) is 2.86. The largest absolute Gasteiger partial charge is 0.254 e. The lowest BCUT2D eigenvalue weighted by Crippen LogP contribution is -2.12. The molecule has 0 aliphatic carbocycles. The minimum absolute atomic E-state index is 0.00745. The Hall–Kier alpha value is -3.78. The normalized spacial score (nSPS) is 12.7. The minimum Gasteiger partial charge on any atom is -0.254 e. The molecule has 2 aromatic heterocycles. The van der Waals surface area contributed by atoms with E-state index < -0.39 is 0 Å². The number of pyridine rings is 2. The summed E-state index contributed by atoms with van der Waals surface area (Å²) in [6.45, 7) is 13.7. The van der Waals surface area contributed by atoms with Crippen LogP contribution in [0, 0.1) is 0 Å². The van der Waals surface area contributed by atoms with Gasteiger partial charge in [-0.1, -0.05) is 84.0 Å². The molecule has 0 bridgehead atoms. The van der Waals surface area contributed by atoms with Crippen molar-refractivity contribution in [1.29, 1.82) is 0 Å². The second kappa shape index (κ2) is 7.86. The fraction of sp³-hybridized carbons (Fsp3) is 0.235. The van der Waals surface area contributed by atoms with Crippen LogP contribution >= 0.6 is 0 Å². The lowest BCUT2D eigenvalue weighted by atomic mass is 9.81. The summed E-state index contributed by atoms with van der Waals surface area (Å²) in [6.07, 6.45) is 3.87. The van der Waals surface area contributed by atoms with Crippen molar-refractivity contribution < 1.29 is 0 Å². The van der Waals surface area contributed by atoms with Crippen LogP contribution in [0.3, 0.4) is 0 Å². The van der Waals surface area contributed by atoms with Crippen molar-refractivity contribution in [2.45, 2.75) is 52.4 Å². The van der Waals surface area contributed by atoms with Crippen molar-refractivity contribution >= 4 is 43.4 Å². The Morgan fingerprint density at radius 1 is 0.500 bits per heavy atom. The van der Waals surface area contributed by atoms with Gasteiger partial charge in [0.1, 0.15) is 0 Å². The molecule has 2 nitrogen and oxygen atoms in total. The topological polar surface area (TPSA) is 25.8 Å². The predicted molar refractivity (Wildman–Crippen MR) is 155 cm³/mol. The number of rotatable bonds is 1. The first-order valence-electron chi connectivity index (χ1n) is 12.8. The number of hydrogen-bond acceptors (Lipinski definition) is 2. The molecule has 178 valence electrons. The van der Waals surface area contributed by atoms with Crippen molar-refractivity contribution in [3.8, 4) is 11.1 Å². The van der Waals surface area contributed by atoms with Gasteiger partial charge in [-0.3, -0.25) is 9.97 Å². The smallest absolute Gasteiger partial charge is 0.0967 e. The van der Waals surface area contributed by atoms with E-state index in [2.05, 4.69) is 113 Å². The summed E-state index contributed by atoms with van der Waals surface area (Å²) in [5.41, 5.74) is 7.00. The van der Waals surface area contributed by atoms with Crippen molar-refractivity contribution in [3.05, 3.63) is 96.3 Å². The van der Waals surface area contributed by atoms with Crippen molar-refractivity contribution in [3.63, 3.8) is 0 Å². The first-order chi connectivity index (χ1) is 17.1. The summed E-state index contributed by atoms with van der Waals surface area (Å²) < 4.78 is 0. The van der Waals surface area contributed by atoms with Gasteiger partial charge in [0, 0.05) is 28.7 Å². The van der Waals surface area contributed by atoms with Gasteiger partial charge in [-0.15, -0.1) is 0 Å². The third-order valence-corrected chi connectivity index (χ3v) is 7.35. The average molecular weight is 469 g/mol. The molecule has 0 unspecified atom stereocenters. The Morgan fingerprint density at radius 3 is 1.94 bits per heavy atom. The predicted octanol–water partition coefficient (Wildman–Crippen LogP) is 9.35. The summed E-state index contributed by atoms with van der Waals surface area (Å²) in [7, 11) is 0. The van der Waals surface area contributed by atoms with Gasteiger partial charge in [-0.2, -0.15) is 0 Å². The second-order valence-electron chi connectivity index (χ2n) is 12.0. The van der Waals surface area contributed by atoms with Crippen LogP contribution in [0.5, 0.6) is 0 Å². The van der Waals surface area contributed by atoms with E-state index in [1.165, 1.54) is 43.6 Å². The van der Waals surface area contributed by atoms with Gasteiger partial charge in [-0.05, 0) is 79.4 Å². The Bertz CT molecular complexity index is 1800. The molecule has 0 saturated heterocycles. The molecule has 0 amide bonds. The van der Waals surface area contributed by atoms with E-state index in [1.807, 2.05) is 18.5 Å². The van der Waals surface area contributed by atoms with E-state index in [9.17, 15) is 0 Å². The van der Waals surface area contributed by atoms with E-state index in [0.717, 1.165) is 22.0 Å². The van der Waals surface area contributed by atoms with E-state index >= 15 is 0 Å². The van der Waals surface area contributed by atoms with Crippen molar-refractivity contribution in [2.75, 3.05) is 0 Å². The Kier molecular flexibility index (Phi) is 4.95. The summed E-state index contributed by atoms with van der Waals surface area (Å²) >= 11 is 0. The Morgan fingerprint density at radius 2 is 1.19 bits per heavy atom. The highest BCUT2D eigenvalue weighted by molar-refractivity contribution is 6.11. The highest BCUT2D eigenvalue weighted by Gasteiger charge is 2.21. The second-order valence-corrected chi connectivity index (χ2v) is 12.0. The van der Waals surface area contributed by atoms with Gasteiger partial charge >= 0.3 is 0 Å². The molecule has 0 atom stereocenters. The molecular weight excluding hydrogens is 436 g/mol. The molecule has 6 rings (SSSR count). The Balaban J connectivity index is 1.62. The van der Waals surface area contributed by atoms with E-state index in [0.29, 0.717) is 0 Å². The maximum atomic E-state index is 4.98. The summed E-state index contributed by atoms with van der Waals surface area (Å²) in [4.78, 5) is 9.66. The maximum Gasteiger partial charge on any atom is 0.0967 e. The zero-order valence-electron chi connectivity index (χ0n) is 22.0. The quantitative estimate of drug-likeness (QED) is 0.225. The van der Waals surface area contributed by atoms with Crippen LogP contribution in [0.2, 0.25) is 0 Å². The van der Waals surface area contributed by atoms with Gasteiger partial charge in [0.15, 0.2) is 0 Å². The highest BCUT2D eigenvalue weighted by atomic mass is 14.7. The van der Waals surface area contributed by atoms with Gasteiger partial charge in [0.05, 0.1) is 11.0 Å². The van der Waals surface area contributed by atoms with E-state index in [-0.39, 0.29) is 10.8 Å². The molecule has 0 spiro atoms. The molecule has 6 aromatic rings. The van der Waals surface area contributed by atoms with Crippen LogP contribution in [0.15, 0.2) is 85.2 Å². The SMILES string of the molecule is CC(C)(C)c1cc2cc(-c3cnc4c(c3)c(C(C)(C)C)cc3cccnc34)ccc2c2ccccc12. The summed E-state index contributed by atoms with van der Waals surface area (Å²) in [5, 5.41) is 7.54. The standard InChI is InChI=1S/C34H32N2/c1-33(2,3)29-19-23-16-21(13-14-25(23)26-11-7-8-12-27(26)29)24-17-28-30(34(4,5)6)18-22-10-9-15-35-31(22)32(28)36-20-24/h7-20H,1-6H3. The molecule has 4 aromatic carbocycles. The fourth-order valence-corrected chi connectivity index (χ4v) is 5.52. The first kappa shape index (κ1) is 22.7. The molecule has 0 N–H and O–H groups in total. The van der Waals surface area contributed by atoms with Crippen LogP contribution in [0.25, 0.3) is 54.5 Å². The molecule has 0 saturated carbocycles. The first-order valence-corrected chi connectivity index (χ1v) is 12.8. The van der Waals surface area contributed by atoms with Crippen molar-refractivity contribution in [2.24, 2.45) is 0 Å². The number of benzene rings is 4. The number of nitrogens with zero attached hydrogens (tertiary/aromatic N) is 2. The highest BCUT2D eigenvalue weighted by Crippen LogP contribution is 2.39. The van der Waals surface area contributed by atoms with Crippen LogP contribution in [0.4, 0.5) is 0 Å². The zero-order valence-corrected chi connectivity index (χ0v) is 22.0. The lowest BCUT2D eigenvalue weighted by Gasteiger charge is -2.23. The zero-order chi connectivity index (χ0) is 25.2. The molecule has 2 heterocycles. The molecular formula is C34H32N2. The number of hydrogen-bond donors (Lipinski definition) is 0. The van der Waals surface area contributed by atoms with Crippen LogP contribution in [-0.2, 0) is 10.8 Å². The molecule has 0 radical (unpaired) electrons.